The van der Waals surface area contributed by atoms with Crippen LogP contribution in [0.2, 0.25) is 0 Å². The van der Waals surface area contributed by atoms with Crippen LogP contribution in [-0.2, 0) is 36.6 Å². The number of pyridine rings is 1. The molecule has 0 spiro atoms. The van der Waals surface area contributed by atoms with Crippen LogP contribution in [0.3, 0.4) is 0 Å². The molecule has 0 saturated carbocycles. The first-order valence-electron chi connectivity index (χ1n) is 27.6. The molecule has 8 heteroatoms. The predicted octanol–water partition coefficient (Wildman–Crippen LogP) is 16.3. The number of hydrogen-bond donors (Lipinski definition) is 0. The molecule has 11 aromatic rings. The molecule has 0 N–H and O–H groups in total. The molecule has 0 radical (unpaired) electrons. The number of imidazole rings is 1. The van der Waals surface area contributed by atoms with E-state index >= 15 is 0 Å². The zero-order chi connectivity index (χ0) is 54.5. The van der Waals surface area contributed by atoms with Gasteiger partial charge in [0.15, 0.2) is 0 Å². The van der Waals surface area contributed by atoms with Gasteiger partial charge >= 0.3 is 371 Å². The quantitative estimate of drug-likeness (QED) is 0.128. The van der Waals surface area contributed by atoms with Crippen LogP contribution in [-0.4, -0.2) is 25.6 Å². The zero-order valence-corrected chi connectivity index (χ0v) is 45.3. The Morgan fingerprint density at radius 1 is 0.608 bits per heavy atom. The molecule has 0 saturated heterocycles. The van der Waals surface area contributed by atoms with E-state index in [0.29, 0.717) is 38.1 Å². The van der Waals surface area contributed by atoms with Crippen molar-refractivity contribution in [2.75, 3.05) is 4.81 Å². The van der Waals surface area contributed by atoms with Crippen molar-refractivity contribution in [2.45, 2.75) is 72.6 Å². The fraction of sp³-hybridized carbons (Fsp3) is 0.182. The summed E-state index contributed by atoms with van der Waals surface area (Å²) in [6, 6.07) is 60.3. The number of nitrogens with zero attached hydrogens (tertiary/aromatic N) is 5. The number of anilines is 2. The van der Waals surface area contributed by atoms with E-state index in [1.54, 1.807) is 0 Å². The van der Waals surface area contributed by atoms with Crippen molar-refractivity contribution >= 4 is 56.8 Å². The number of benzene rings is 8. The van der Waals surface area contributed by atoms with Crippen molar-refractivity contribution < 1.29 is 29.6 Å². The second-order valence-corrected chi connectivity index (χ2v) is 23.1. The van der Waals surface area contributed by atoms with Gasteiger partial charge in [0.05, 0.1) is 0 Å². The van der Waals surface area contributed by atoms with Gasteiger partial charge in [-0.1, -0.05) is 60.7 Å². The molecule has 6 nitrogen and oxygen atoms in total. The molecule has 4 heterocycles. The summed E-state index contributed by atoms with van der Waals surface area (Å²) in [5.41, 5.74) is 14.0. The summed E-state index contributed by atoms with van der Waals surface area (Å²) >= 11 is 2.32. The van der Waals surface area contributed by atoms with Crippen molar-refractivity contribution in [2.24, 2.45) is 5.92 Å². The molecule has 0 aliphatic carbocycles. The summed E-state index contributed by atoms with van der Waals surface area (Å²) in [6.07, 6.45) is 0.846. The molecule has 0 fully saturated rings. The van der Waals surface area contributed by atoms with Gasteiger partial charge < -0.3 is 0 Å². The number of ether oxygens (including phenoxy) is 1. The van der Waals surface area contributed by atoms with E-state index in [1.165, 1.54) is 27.5 Å². The number of aromatic nitrogens is 4. The second kappa shape index (κ2) is 18.5. The Hall–Kier alpha value is -7.47. The van der Waals surface area contributed by atoms with Crippen LogP contribution < -0.4 is 15.0 Å². The van der Waals surface area contributed by atoms with Crippen LogP contribution in [0.1, 0.15) is 77.6 Å². The van der Waals surface area contributed by atoms with Crippen molar-refractivity contribution in [1.29, 1.82) is 0 Å². The SMILES string of the molecule is [2H]c1c([2H])c([2H])c2c(c1[2H])n(-c1cccc(Oc3cccc(N4B(c5ccccc5)n5c6ccccc6c6cccc4c65)n3)c1)[c](=[Pt])n2-c1c(-c2ccccc2)cc(CC(C)C)cc1-c1cc(C(C)(C)C)cc(C(C)(C)C)c1. The minimum absolute atomic E-state index is 0.127. The van der Waals surface area contributed by atoms with Gasteiger partial charge in [-0.25, -0.2) is 0 Å². The Kier molecular flexibility index (Phi) is 10.7. The van der Waals surface area contributed by atoms with E-state index in [1.807, 2.05) is 59.2 Å². The Morgan fingerprint density at radius 2 is 1.23 bits per heavy atom. The van der Waals surface area contributed by atoms with Gasteiger partial charge in [-0.2, -0.15) is 0 Å². The fourth-order valence-corrected chi connectivity index (χ4v) is 11.9. The number of para-hydroxylation sites is 4. The number of rotatable bonds is 10. The standard InChI is InChI=1S/C66H60BN5O.Pt/c1-44(2)36-45-37-55(46-22-11-9-12-23-46)63(56(38-45)47-39-48(65(3,4)5)41-49(40-47)66(6,7)8)70-43-69(58-31-17-18-32-59(58)70)51-26-19-27-52(42-51)73-62-35-21-34-61(68-62)71-60-33-20-29-54-53-28-15-16-30-57(53)72(64(54)60)67(71)50-24-13-10-14-25-50;/h9-35,37-42,44H,36H2,1-8H3;/i17D,18D,31D,32D;. The zero-order valence-electron chi connectivity index (χ0n) is 47.1. The van der Waals surface area contributed by atoms with Gasteiger partial charge in [0.2, 0.25) is 0 Å². The third-order valence-corrected chi connectivity index (χ3v) is 15.4. The molecule has 368 valence electrons. The van der Waals surface area contributed by atoms with Crippen molar-refractivity contribution in [3.05, 3.63) is 221 Å². The average Bonchev–Trinajstić information content (AvgIpc) is 4.29. The van der Waals surface area contributed by atoms with Crippen molar-refractivity contribution in [3.8, 4) is 45.3 Å². The molecular formula is C66H60BN5OPt. The van der Waals surface area contributed by atoms with Crippen LogP contribution in [0, 0.1) is 9.72 Å². The van der Waals surface area contributed by atoms with Gasteiger partial charge in [-0.05, 0) is 6.07 Å². The molecule has 0 bridgehead atoms. The summed E-state index contributed by atoms with van der Waals surface area (Å²) in [5.74, 6) is 2.02. The molecule has 1 aliphatic rings. The first kappa shape index (κ1) is 43.0. The Labute approximate surface area is 451 Å². The average molecular weight is 1150 g/mol. The fourth-order valence-electron chi connectivity index (χ4n) is 10.9. The van der Waals surface area contributed by atoms with Gasteiger partial charge in [-0.15, -0.1) is 0 Å². The maximum absolute atomic E-state index is 9.80. The van der Waals surface area contributed by atoms with E-state index in [4.69, 9.17) is 11.1 Å². The predicted molar refractivity (Wildman–Crippen MR) is 306 cm³/mol. The molecule has 0 unspecified atom stereocenters. The van der Waals surface area contributed by atoms with Gasteiger partial charge in [0, 0.05) is 16.3 Å². The van der Waals surface area contributed by atoms with Crippen LogP contribution >= 0.6 is 0 Å². The Morgan fingerprint density at radius 3 is 1.93 bits per heavy atom. The first-order chi connectivity index (χ1) is 37.4. The van der Waals surface area contributed by atoms with Gasteiger partial charge in [0.1, 0.15) is 0 Å². The molecule has 0 amide bonds. The van der Waals surface area contributed by atoms with E-state index in [9.17, 15) is 4.11 Å². The van der Waals surface area contributed by atoms with Gasteiger partial charge in [-0.3, -0.25) is 0 Å². The summed E-state index contributed by atoms with van der Waals surface area (Å²) in [7, 11) is 0. The maximum atomic E-state index is 9.80. The first-order valence-corrected chi connectivity index (χ1v) is 26.7. The summed E-state index contributed by atoms with van der Waals surface area (Å²) < 4.78 is 51.7. The van der Waals surface area contributed by atoms with Crippen molar-refractivity contribution in [1.82, 2.24) is 18.6 Å². The van der Waals surface area contributed by atoms with E-state index in [2.05, 4.69) is 210 Å². The Balaban J connectivity index is 1.05. The number of fused-ring (bicyclic) bond motifs is 4. The van der Waals surface area contributed by atoms with E-state index in [0.717, 1.165) is 62.4 Å². The van der Waals surface area contributed by atoms with E-state index in [-0.39, 0.29) is 42.0 Å². The van der Waals surface area contributed by atoms with Crippen LogP contribution in [0.25, 0.3) is 66.5 Å². The van der Waals surface area contributed by atoms with Crippen molar-refractivity contribution in [3.63, 3.8) is 0 Å². The van der Waals surface area contributed by atoms with Crippen LogP contribution in [0.4, 0.5) is 11.5 Å². The van der Waals surface area contributed by atoms with Crippen LogP contribution in [0.15, 0.2) is 200 Å². The summed E-state index contributed by atoms with van der Waals surface area (Å²) in [4.78, 5) is 7.53. The summed E-state index contributed by atoms with van der Waals surface area (Å²) in [6.45, 7) is 17.8. The monoisotopic (exact) mass is 1150 g/mol. The normalized spacial score (nSPS) is 13.6. The Bertz CT molecular complexity index is 4220. The topological polar surface area (TPSA) is 40.1 Å². The van der Waals surface area contributed by atoms with Gasteiger partial charge in [0.25, 0.3) is 0 Å². The molecule has 3 aromatic heterocycles. The summed E-state index contributed by atoms with van der Waals surface area (Å²) in [5, 5.41) is 2.40. The molecule has 1 aliphatic heterocycles. The molecule has 12 rings (SSSR count). The molecule has 0 atom stereocenters. The van der Waals surface area contributed by atoms with Crippen LogP contribution in [0.5, 0.6) is 11.6 Å². The number of hydrogen-bond acceptors (Lipinski definition) is 3. The molecular weight excluding hydrogens is 1080 g/mol. The molecule has 74 heavy (non-hydrogen) atoms. The third-order valence-electron chi connectivity index (χ3n) is 14.3. The molecule has 8 aromatic carbocycles. The third kappa shape index (κ3) is 8.36. The minimum atomic E-state index is -0.307. The van der Waals surface area contributed by atoms with E-state index < -0.39 is 0 Å². The second-order valence-electron chi connectivity index (χ2n) is 22.1.